The number of rotatable bonds is 5. The van der Waals surface area contributed by atoms with Crippen molar-refractivity contribution in [3.8, 4) is 0 Å². The van der Waals surface area contributed by atoms with Gasteiger partial charge in [0.1, 0.15) is 18.2 Å². The minimum absolute atomic E-state index is 0. The first kappa shape index (κ1) is 20.1. The second-order valence-corrected chi connectivity index (χ2v) is 6.76. The predicted octanol–water partition coefficient (Wildman–Crippen LogP) is 1.30. The van der Waals surface area contributed by atoms with Gasteiger partial charge in [0.15, 0.2) is 0 Å². The van der Waals surface area contributed by atoms with Crippen LogP contribution in [0.4, 0.5) is 0 Å². The number of esters is 1. The first-order chi connectivity index (χ1) is 9.10. The topological polar surface area (TPSA) is 116 Å². The second-order valence-electron chi connectivity index (χ2n) is 6.76. The Morgan fingerprint density at radius 1 is 1.29 bits per heavy atom. The van der Waals surface area contributed by atoms with Crippen LogP contribution in [-0.2, 0) is 14.3 Å². The van der Waals surface area contributed by atoms with E-state index in [-0.39, 0.29) is 30.3 Å². The van der Waals surface area contributed by atoms with Gasteiger partial charge in [0.05, 0.1) is 0 Å². The molecule has 0 saturated heterocycles. The molecule has 0 aromatic rings. The van der Waals surface area contributed by atoms with Crippen molar-refractivity contribution in [1.29, 1.82) is 0 Å². The fourth-order valence-corrected chi connectivity index (χ4v) is 3.07. The van der Waals surface area contributed by atoms with Crippen LogP contribution in [0.1, 0.15) is 46.5 Å². The van der Waals surface area contributed by atoms with Crippen LogP contribution in [0.5, 0.6) is 0 Å². The molecule has 1 aliphatic rings. The quantitative estimate of drug-likeness (QED) is 0.657. The number of carbonyl (C=O) groups excluding carboxylic acids is 1. The summed E-state index contributed by atoms with van der Waals surface area (Å²) >= 11 is 0. The molecule has 5 N–H and O–H groups in total. The number of carbonyl (C=O) groups is 2. The number of ether oxygens (including phenoxy) is 1. The van der Waals surface area contributed by atoms with Crippen LogP contribution < -0.4 is 11.5 Å². The van der Waals surface area contributed by atoms with E-state index in [2.05, 4.69) is 20.8 Å². The molecule has 124 valence electrons. The van der Waals surface area contributed by atoms with Crippen molar-refractivity contribution in [3.63, 3.8) is 0 Å². The number of carboxylic acid groups (broad SMARTS) is 1. The van der Waals surface area contributed by atoms with Crippen molar-refractivity contribution in [1.82, 2.24) is 0 Å². The third-order valence-electron chi connectivity index (χ3n) is 3.76. The van der Waals surface area contributed by atoms with E-state index in [0.717, 1.165) is 19.3 Å². The molecule has 0 bridgehead atoms. The lowest BCUT2D eigenvalue weighted by Crippen LogP contribution is -2.44. The van der Waals surface area contributed by atoms with E-state index < -0.39 is 24.0 Å². The molecule has 0 spiro atoms. The normalized spacial score (nSPS) is 27.1. The third kappa shape index (κ3) is 6.63. The molecule has 1 fully saturated rings. The Hall–Kier alpha value is -0.850. The summed E-state index contributed by atoms with van der Waals surface area (Å²) in [6, 6.07) is -2.12. The Balaban J connectivity index is 0.00000400. The highest BCUT2D eigenvalue weighted by Gasteiger charge is 2.35. The van der Waals surface area contributed by atoms with Crippen molar-refractivity contribution < 1.29 is 19.4 Å². The van der Waals surface area contributed by atoms with Crippen LogP contribution in [-0.4, -0.2) is 35.2 Å². The van der Waals surface area contributed by atoms with Gasteiger partial charge in [-0.1, -0.05) is 20.8 Å². The van der Waals surface area contributed by atoms with Gasteiger partial charge in [-0.15, -0.1) is 12.4 Å². The van der Waals surface area contributed by atoms with Gasteiger partial charge in [0.2, 0.25) is 0 Å². The Morgan fingerprint density at radius 3 is 2.33 bits per heavy atom. The molecule has 4 atom stereocenters. The molecule has 21 heavy (non-hydrogen) atoms. The van der Waals surface area contributed by atoms with Crippen LogP contribution in [0.25, 0.3) is 0 Å². The van der Waals surface area contributed by atoms with E-state index in [0.29, 0.717) is 5.92 Å². The summed E-state index contributed by atoms with van der Waals surface area (Å²) in [4.78, 5) is 22.5. The molecule has 0 aromatic heterocycles. The van der Waals surface area contributed by atoms with Crippen molar-refractivity contribution in [2.75, 3.05) is 0 Å². The fourth-order valence-electron chi connectivity index (χ4n) is 3.07. The maximum atomic E-state index is 11.9. The van der Waals surface area contributed by atoms with Crippen molar-refractivity contribution >= 4 is 24.3 Å². The molecule has 1 saturated carbocycles. The number of halogens is 1. The van der Waals surface area contributed by atoms with Crippen LogP contribution in [0.2, 0.25) is 0 Å². The van der Waals surface area contributed by atoms with Gasteiger partial charge >= 0.3 is 11.9 Å². The third-order valence-corrected chi connectivity index (χ3v) is 3.76. The van der Waals surface area contributed by atoms with E-state index in [1.165, 1.54) is 0 Å². The van der Waals surface area contributed by atoms with Crippen LogP contribution in [0, 0.1) is 11.3 Å². The fraction of sp³-hybridized carbons (Fsp3) is 0.857. The highest BCUT2D eigenvalue weighted by molar-refractivity contribution is 5.85. The lowest BCUT2D eigenvalue weighted by atomic mass is 9.71. The Morgan fingerprint density at radius 2 is 1.86 bits per heavy atom. The van der Waals surface area contributed by atoms with E-state index in [4.69, 9.17) is 21.3 Å². The Bertz CT molecular complexity index is 376. The Kier molecular flexibility index (Phi) is 7.64. The summed E-state index contributed by atoms with van der Waals surface area (Å²) in [6.45, 7) is 6.45. The molecule has 0 heterocycles. The zero-order chi connectivity index (χ0) is 15.5. The van der Waals surface area contributed by atoms with Gasteiger partial charge in [0.25, 0.3) is 0 Å². The minimum atomic E-state index is -1.17. The predicted molar refractivity (Wildman–Crippen MR) is 82.1 cm³/mol. The van der Waals surface area contributed by atoms with Gasteiger partial charge in [-0.05, 0) is 37.0 Å². The largest absolute Gasteiger partial charge is 0.480 e. The summed E-state index contributed by atoms with van der Waals surface area (Å²) in [5.41, 5.74) is 11.2. The number of nitrogens with two attached hydrogens (primary N) is 2. The Labute approximate surface area is 132 Å². The second kappa shape index (κ2) is 7.96. The van der Waals surface area contributed by atoms with Crippen LogP contribution in [0.3, 0.4) is 0 Å². The minimum Gasteiger partial charge on any atom is -0.480 e. The molecule has 7 heteroatoms. The van der Waals surface area contributed by atoms with Crippen molar-refractivity contribution in [3.05, 3.63) is 0 Å². The number of hydrogen-bond donors (Lipinski definition) is 3. The average Bonchev–Trinajstić information content (AvgIpc) is 2.25. The number of hydrogen-bond acceptors (Lipinski definition) is 5. The zero-order valence-corrected chi connectivity index (χ0v) is 13.7. The number of aliphatic carboxylic acids is 1. The van der Waals surface area contributed by atoms with Crippen LogP contribution in [0.15, 0.2) is 0 Å². The molecule has 0 aliphatic heterocycles. The van der Waals surface area contributed by atoms with E-state index in [1.54, 1.807) is 0 Å². The highest BCUT2D eigenvalue weighted by Crippen LogP contribution is 2.39. The summed E-state index contributed by atoms with van der Waals surface area (Å²) in [6.07, 6.45) is 2.48. The SMILES string of the molecule is C[C@@H]1C[C@@H](OC(=O)C(N)C[C@H](N)C(=O)O)CC(C)(C)C1.Cl. The molecule has 0 aromatic carbocycles. The summed E-state index contributed by atoms with van der Waals surface area (Å²) < 4.78 is 5.43. The average molecular weight is 323 g/mol. The molecular formula is C14H27ClN2O4. The molecular weight excluding hydrogens is 296 g/mol. The molecule has 0 amide bonds. The van der Waals surface area contributed by atoms with Gasteiger partial charge < -0.3 is 21.3 Å². The summed E-state index contributed by atoms with van der Waals surface area (Å²) in [5.74, 6) is -1.23. The molecule has 0 radical (unpaired) electrons. The standard InChI is InChI=1S/C14H26N2O4.ClH/c1-8-4-9(7-14(2,3)6-8)20-13(19)11(16)5-10(15)12(17)18;/h8-11H,4-7,15-16H2,1-3H3,(H,17,18);1H/t8-,9-,10+,11?;/m1./s1. The van der Waals surface area contributed by atoms with Gasteiger partial charge in [-0.25, -0.2) is 0 Å². The van der Waals surface area contributed by atoms with Crippen molar-refractivity contribution in [2.24, 2.45) is 22.8 Å². The maximum absolute atomic E-state index is 11.9. The van der Waals surface area contributed by atoms with Crippen LogP contribution >= 0.6 is 12.4 Å². The van der Waals surface area contributed by atoms with Gasteiger partial charge in [0, 0.05) is 0 Å². The van der Waals surface area contributed by atoms with Crippen molar-refractivity contribution in [2.45, 2.75) is 64.6 Å². The zero-order valence-electron chi connectivity index (χ0n) is 12.9. The molecule has 6 nitrogen and oxygen atoms in total. The summed E-state index contributed by atoms with van der Waals surface area (Å²) in [5, 5.41) is 8.70. The smallest absolute Gasteiger partial charge is 0.323 e. The first-order valence-electron chi connectivity index (χ1n) is 7.05. The lowest BCUT2D eigenvalue weighted by Gasteiger charge is -2.38. The van der Waals surface area contributed by atoms with Gasteiger partial charge in [-0.3, -0.25) is 9.59 Å². The highest BCUT2D eigenvalue weighted by atomic mass is 35.5. The first-order valence-corrected chi connectivity index (χ1v) is 7.05. The molecule has 1 unspecified atom stereocenters. The lowest BCUT2D eigenvalue weighted by molar-refractivity contribution is -0.155. The molecule has 1 rings (SSSR count). The van der Waals surface area contributed by atoms with Gasteiger partial charge in [-0.2, -0.15) is 0 Å². The monoisotopic (exact) mass is 322 g/mol. The summed E-state index contributed by atoms with van der Waals surface area (Å²) in [7, 11) is 0. The van der Waals surface area contributed by atoms with E-state index in [9.17, 15) is 9.59 Å². The maximum Gasteiger partial charge on any atom is 0.323 e. The molecule has 1 aliphatic carbocycles. The van der Waals surface area contributed by atoms with E-state index in [1.807, 2.05) is 0 Å². The number of carboxylic acids is 1. The van der Waals surface area contributed by atoms with E-state index >= 15 is 0 Å².